The normalized spacial score (nSPS) is 10.3. The van der Waals surface area contributed by atoms with Gasteiger partial charge in [0, 0.05) is 31.1 Å². The third-order valence-corrected chi connectivity index (χ3v) is 3.27. The number of hydrogen-bond acceptors (Lipinski definition) is 6. The zero-order valence-corrected chi connectivity index (χ0v) is 10.7. The lowest BCUT2D eigenvalue weighted by atomic mass is 10.3. The van der Waals surface area contributed by atoms with Gasteiger partial charge in [0.1, 0.15) is 0 Å². The molecule has 18 heavy (non-hydrogen) atoms. The summed E-state index contributed by atoms with van der Waals surface area (Å²) in [7, 11) is 3.35. The first kappa shape index (κ1) is 12.4. The van der Waals surface area contributed by atoms with Crippen molar-refractivity contribution in [3.8, 4) is 5.88 Å². The highest BCUT2D eigenvalue weighted by atomic mass is 32.1. The van der Waals surface area contributed by atoms with Crippen LogP contribution in [-0.4, -0.2) is 21.8 Å². The fraction of sp³-hybridized carbons (Fsp3) is 0.300. The average Bonchev–Trinajstić information content (AvgIpc) is 2.92. The van der Waals surface area contributed by atoms with Crippen LogP contribution in [0.2, 0.25) is 0 Å². The Hall–Kier alpha value is -2.09. The molecule has 2 heterocycles. The van der Waals surface area contributed by atoms with Gasteiger partial charge in [0.05, 0.1) is 12.0 Å². The van der Waals surface area contributed by atoms with E-state index in [4.69, 9.17) is 4.74 Å². The van der Waals surface area contributed by atoms with E-state index in [2.05, 4.69) is 10.4 Å². The monoisotopic (exact) mass is 268 g/mol. The third kappa shape index (κ3) is 2.59. The van der Waals surface area contributed by atoms with Crippen LogP contribution in [0.4, 0.5) is 10.8 Å². The van der Waals surface area contributed by atoms with Crippen molar-refractivity contribution >= 4 is 22.2 Å². The van der Waals surface area contributed by atoms with Crippen LogP contribution in [0.15, 0.2) is 17.5 Å². The number of methoxy groups -OCH3 is 1. The van der Waals surface area contributed by atoms with Gasteiger partial charge in [0.2, 0.25) is 5.88 Å². The highest BCUT2D eigenvalue weighted by Gasteiger charge is 2.10. The molecule has 0 amide bonds. The minimum atomic E-state index is -0.391. The molecule has 0 aromatic carbocycles. The number of anilines is 1. The quantitative estimate of drug-likeness (QED) is 0.662. The van der Waals surface area contributed by atoms with Crippen molar-refractivity contribution in [3.63, 3.8) is 0 Å². The van der Waals surface area contributed by atoms with Crippen LogP contribution < -0.4 is 10.1 Å². The van der Waals surface area contributed by atoms with Crippen molar-refractivity contribution in [1.29, 1.82) is 0 Å². The number of nitrogens with one attached hydrogen (secondary N) is 1. The fourth-order valence-electron chi connectivity index (χ4n) is 1.47. The molecule has 1 N–H and O–H groups in total. The van der Waals surface area contributed by atoms with Crippen molar-refractivity contribution in [2.24, 2.45) is 7.05 Å². The van der Waals surface area contributed by atoms with Gasteiger partial charge in [-0.3, -0.25) is 10.1 Å². The highest BCUT2D eigenvalue weighted by molar-refractivity contribution is 7.13. The smallest absolute Gasteiger partial charge is 0.324 e. The maximum absolute atomic E-state index is 10.5. The fourth-order valence-corrected chi connectivity index (χ4v) is 2.20. The van der Waals surface area contributed by atoms with E-state index in [0.29, 0.717) is 18.2 Å². The summed E-state index contributed by atoms with van der Waals surface area (Å²) in [5.74, 6) is 1.32. The minimum absolute atomic E-state index is 0.144. The van der Waals surface area contributed by atoms with E-state index in [1.54, 1.807) is 36.4 Å². The van der Waals surface area contributed by atoms with E-state index < -0.39 is 4.92 Å². The second-order valence-electron chi connectivity index (χ2n) is 3.60. The number of nitrogens with zero attached hydrogens (tertiary/aromatic N) is 3. The molecule has 0 bridgehead atoms. The zero-order chi connectivity index (χ0) is 13.1. The lowest BCUT2D eigenvalue weighted by molar-refractivity contribution is -0.380. The molecule has 2 aromatic rings. The molecule has 2 aromatic heterocycles. The molecule has 0 atom stereocenters. The lowest BCUT2D eigenvalue weighted by Crippen LogP contribution is -2.00. The largest absolute Gasteiger partial charge is 0.481 e. The van der Waals surface area contributed by atoms with Gasteiger partial charge in [0.15, 0.2) is 5.82 Å². The number of hydrogen-bond donors (Lipinski definition) is 1. The molecule has 7 nitrogen and oxygen atoms in total. The Labute approximate surface area is 107 Å². The van der Waals surface area contributed by atoms with E-state index in [1.807, 2.05) is 0 Å². The maximum atomic E-state index is 10.5. The number of aryl methyl sites for hydroxylation is 1. The Morgan fingerprint density at radius 3 is 2.94 bits per heavy atom. The number of nitro groups is 1. The Bertz CT molecular complexity index is 563. The molecule has 0 aliphatic carbocycles. The van der Waals surface area contributed by atoms with Crippen LogP contribution in [0.25, 0.3) is 0 Å². The predicted molar refractivity (Wildman–Crippen MR) is 68.1 cm³/mol. The van der Waals surface area contributed by atoms with Crippen molar-refractivity contribution in [1.82, 2.24) is 9.78 Å². The standard InChI is InChI=1S/C10H12N4O3S/c1-13-9(17-2)4-8(12-13)11-5-7-3-10(14(15)16)18-6-7/h3-4,6H,5H2,1-2H3,(H,11,12). The second-order valence-corrected chi connectivity index (χ2v) is 4.49. The van der Waals surface area contributed by atoms with Crippen molar-refractivity contribution in [2.75, 3.05) is 12.4 Å². The summed E-state index contributed by atoms with van der Waals surface area (Å²) < 4.78 is 6.70. The molecule has 0 unspecified atom stereocenters. The number of ether oxygens (including phenoxy) is 1. The first-order valence-electron chi connectivity index (χ1n) is 5.14. The first-order valence-corrected chi connectivity index (χ1v) is 6.02. The van der Waals surface area contributed by atoms with Gasteiger partial charge in [0.25, 0.3) is 0 Å². The molecule has 0 aliphatic heterocycles. The molecule has 8 heteroatoms. The van der Waals surface area contributed by atoms with Crippen LogP contribution in [0.1, 0.15) is 5.56 Å². The Morgan fingerprint density at radius 2 is 2.39 bits per heavy atom. The van der Waals surface area contributed by atoms with E-state index in [1.165, 1.54) is 0 Å². The molecule has 0 fully saturated rings. The van der Waals surface area contributed by atoms with Crippen molar-refractivity contribution < 1.29 is 9.66 Å². The molecule has 0 saturated heterocycles. The average molecular weight is 268 g/mol. The predicted octanol–water partition coefficient (Wildman–Crippen LogP) is 2.01. The van der Waals surface area contributed by atoms with Crippen LogP contribution >= 0.6 is 11.3 Å². The summed E-state index contributed by atoms with van der Waals surface area (Å²) in [5.41, 5.74) is 0.858. The zero-order valence-electron chi connectivity index (χ0n) is 9.91. The first-order chi connectivity index (χ1) is 8.60. The molecule has 0 saturated carbocycles. The Kier molecular flexibility index (Phi) is 3.47. The maximum Gasteiger partial charge on any atom is 0.324 e. The number of aromatic nitrogens is 2. The SMILES string of the molecule is COc1cc(NCc2csc([N+](=O)[O-])c2)nn1C. The summed E-state index contributed by atoms with van der Waals surface area (Å²) >= 11 is 1.12. The summed E-state index contributed by atoms with van der Waals surface area (Å²) in [6.07, 6.45) is 0. The van der Waals surface area contributed by atoms with Gasteiger partial charge in [-0.1, -0.05) is 11.3 Å². The number of rotatable bonds is 5. The van der Waals surface area contributed by atoms with Crippen LogP contribution in [-0.2, 0) is 13.6 Å². The summed E-state index contributed by atoms with van der Waals surface area (Å²) in [5, 5.41) is 19.7. The summed E-state index contributed by atoms with van der Waals surface area (Å²) in [6.45, 7) is 0.491. The van der Waals surface area contributed by atoms with Crippen LogP contribution in [0.3, 0.4) is 0 Å². The van der Waals surface area contributed by atoms with Gasteiger partial charge >= 0.3 is 5.00 Å². The van der Waals surface area contributed by atoms with E-state index >= 15 is 0 Å². The Balaban J connectivity index is 1.99. The molecule has 2 rings (SSSR count). The van der Waals surface area contributed by atoms with Gasteiger partial charge < -0.3 is 10.1 Å². The lowest BCUT2D eigenvalue weighted by Gasteiger charge is -1.98. The highest BCUT2D eigenvalue weighted by Crippen LogP contribution is 2.23. The van der Waals surface area contributed by atoms with E-state index in [-0.39, 0.29) is 5.00 Å². The second kappa shape index (κ2) is 5.05. The van der Waals surface area contributed by atoms with E-state index in [0.717, 1.165) is 16.9 Å². The number of thiophene rings is 1. The summed E-state index contributed by atoms with van der Waals surface area (Å²) in [6, 6.07) is 3.32. The molecular formula is C10H12N4O3S. The van der Waals surface area contributed by atoms with Crippen molar-refractivity contribution in [2.45, 2.75) is 6.54 Å². The molecule has 0 radical (unpaired) electrons. The molecule has 96 valence electrons. The molecular weight excluding hydrogens is 256 g/mol. The third-order valence-electron chi connectivity index (χ3n) is 2.34. The molecule has 0 aliphatic rings. The topological polar surface area (TPSA) is 82.2 Å². The van der Waals surface area contributed by atoms with Crippen LogP contribution in [0, 0.1) is 10.1 Å². The minimum Gasteiger partial charge on any atom is -0.481 e. The van der Waals surface area contributed by atoms with Crippen molar-refractivity contribution in [3.05, 3.63) is 33.2 Å². The van der Waals surface area contributed by atoms with Gasteiger partial charge in [-0.2, -0.15) is 5.10 Å². The Morgan fingerprint density at radius 1 is 1.61 bits per heavy atom. The van der Waals surface area contributed by atoms with Crippen LogP contribution in [0.5, 0.6) is 5.88 Å². The van der Waals surface area contributed by atoms with Gasteiger partial charge in [-0.05, 0) is 5.56 Å². The summed E-state index contributed by atoms with van der Waals surface area (Å²) in [4.78, 5) is 10.1. The van der Waals surface area contributed by atoms with Gasteiger partial charge in [-0.25, -0.2) is 4.68 Å². The van der Waals surface area contributed by atoms with Gasteiger partial charge in [-0.15, -0.1) is 0 Å². The van der Waals surface area contributed by atoms with E-state index in [9.17, 15) is 10.1 Å². The molecule has 0 spiro atoms.